The van der Waals surface area contributed by atoms with Crippen LogP contribution in [0.2, 0.25) is 5.02 Å². The molecule has 0 aliphatic carbocycles. The van der Waals surface area contributed by atoms with Gasteiger partial charge in [0.05, 0.1) is 6.61 Å². The summed E-state index contributed by atoms with van der Waals surface area (Å²) in [7, 11) is 0. The first-order chi connectivity index (χ1) is 8.22. The number of carbonyl (C=O) groups excluding carboxylic acids is 1. The summed E-state index contributed by atoms with van der Waals surface area (Å²) < 4.78 is 0. The van der Waals surface area contributed by atoms with Crippen LogP contribution in [0.4, 0.5) is 0 Å². The van der Waals surface area contributed by atoms with Crippen molar-refractivity contribution < 1.29 is 9.63 Å². The lowest BCUT2D eigenvalue weighted by molar-refractivity contribution is -0.132. The van der Waals surface area contributed by atoms with Crippen molar-refractivity contribution in [2.75, 3.05) is 12.4 Å². The van der Waals surface area contributed by atoms with Gasteiger partial charge in [0.2, 0.25) is 5.91 Å². The van der Waals surface area contributed by atoms with Crippen LogP contribution in [0.5, 0.6) is 0 Å². The fourth-order valence-corrected chi connectivity index (χ4v) is 2.17. The Morgan fingerprint density at radius 3 is 2.76 bits per heavy atom. The van der Waals surface area contributed by atoms with Crippen molar-refractivity contribution >= 4 is 29.3 Å². The molecule has 0 spiro atoms. The minimum absolute atomic E-state index is 0.0737. The lowest BCUT2D eigenvalue weighted by Gasteiger charge is -2.04. The topological polar surface area (TPSA) is 38.3 Å². The number of hydrogen-bond donors (Lipinski definition) is 1. The van der Waals surface area contributed by atoms with Crippen LogP contribution in [0, 0.1) is 0 Å². The molecule has 5 heteroatoms. The number of carbonyl (C=O) groups is 1. The van der Waals surface area contributed by atoms with Crippen LogP contribution in [0.15, 0.2) is 24.3 Å². The van der Waals surface area contributed by atoms with Crippen LogP contribution in [0.25, 0.3) is 0 Å². The second-order valence-corrected chi connectivity index (χ2v) is 4.93. The van der Waals surface area contributed by atoms with E-state index in [0.717, 1.165) is 16.5 Å². The van der Waals surface area contributed by atoms with E-state index in [4.69, 9.17) is 16.4 Å². The third kappa shape index (κ3) is 6.56. The molecule has 0 heterocycles. The molecule has 0 aliphatic heterocycles. The summed E-state index contributed by atoms with van der Waals surface area (Å²) >= 11 is 7.50. The smallest absolute Gasteiger partial charge is 0.244 e. The van der Waals surface area contributed by atoms with E-state index in [1.165, 1.54) is 5.56 Å². The highest BCUT2D eigenvalue weighted by Gasteiger charge is 2.00. The average Bonchev–Trinajstić information content (AvgIpc) is 2.34. The Kier molecular flexibility index (Phi) is 7.08. The third-order valence-electron chi connectivity index (χ3n) is 1.99. The molecule has 3 nitrogen and oxygen atoms in total. The quantitative estimate of drug-likeness (QED) is 0.613. The monoisotopic (exact) mass is 273 g/mol. The van der Waals surface area contributed by atoms with E-state index in [1.807, 2.05) is 31.2 Å². The van der Waals surface area contributed by atoms with Crippen LogP contribution in [0.3, 0.4) is 0 Å². The standard InChI is InChI=1S/C12H16ClNO2S/c1-2-16-14-12(15)7-8-17-9-10-3-5-11(13)6-4-10/h3-6H,2,7-9H2,1H3,(H,14,15). The highest BCUT2D eigenvalue weighted by molar-refractivity contribution is 7.98. The molecule has 1 aromatic carbocycles. The molecule has 0 aromatic heterocycles. The maximum Gasteiger partial charge on any atom is 0.244 e. The summed E-state index contributed by atoms with van der Waals surface area (Å²) in [6.07, 6.45) is 0.470. The molecule has 1 N–H and O–H groups in total. The predicted molar refractivity (Wildman–Crippen MR) is 72.0 cm³/mol. The zero-order valence-electron chi connectivity index (χ0n) is 9.74. The Labute approximate surface area is 111 Å². The maximum atomic E-state index is 11.2. The number of thioether (sulfide) groups is 1. The molecule has 0 aliphatic rings. The molecule has 17 heavy (non-hydrogen) atoms. The first-order valence-electron chi connectivity index (χ1n) is 5.45. The highest BCUT2D eigenvalue weighted by Crippen LogP contribution is 2.15. The van der Waals surface area contributed by atoms with E-state index in [-0.39, 0.29) is 5.91 Å². The van der Waals surface area contributed by atoms with E-state index in [2.05, 4.69) is 5.48 Å². The Hall–Kier alpha value is -0.710. The van der Waals surface area contributed by atoms with E-state index < -0.39 is 0 Å². The van der Waals surface area contributed by atoms with Crippen molar-refractivity contribution in [1.29, 1.82) is 0 Å². The second kappa shape index (κ2) is 8.39. The van der Waals surface area contributed by atoms with Crippen LogP contribution in [0.1, 0.15) is 18.9 Å². The number of hydrogen-bond acceptors (Lipinski definition) is 3. The molecule has 0 unspecified atom stereocenters. The van der Waals surface area contributed by atoms with E-state index in [9.17, 15) is 4.79 Å². The van der Waals surface area contributed by atoms with Gasteiger partial charge < -0.3 is 0 Å². The van der Waals surface area contributed by atoms with Gasteiger partial charge in [0.1, 0.15) is 0 Å². The number of rotatable bonds is 7. The summed E-state index contributed by atoms with van der Waals surface area (Å²) in [5.41, 5.74) is 3.58. The van der Waals surface area contributed by atoms with Gasteiger partial charge in [-0.15, -0.1) is 0 Å². The summed E-state index contributed by atoms with van der Waals surface area (Å²) in [6.45, 7) is 2.32. The van der Waals surface area contributed by atoms with Crippen LogP contribution >= 0.6 is 23.4 Å². The number of hydroxylamine groups is 1. The molecule has 0 fully saturated rings. The first kappa shape index (κ1) is 14.4. The number of amides is 1. The van der Waals surface area contributed by atoms with E-state index in [1.54, 1.807) is 11.8 Å². The highest BCUT2D eigenvalue weighted by atomic mass is 35.5. The molecule has 0 bridgehead atoms. The zero-order chi connectivity index (χ0) is 12.5. The maximum absolute atomic E-state index is 11.2. The molecule has 0 saturated carbocycles. The van der Waals surface area contributed by atoms with Gasteiger partial charge in [-0.1, -0.05) is 23.7 Å². The van der Waals surface area contributed by atoms with Gasteiger partial charge >= 0.3 is 0 Å². The Bertz CT molecular complexity index is 343. The second-order valence-electron chi connectivity index (χ2n) is 3.39. The van der Waals surface area contributed by atoms with Gasteiger partial charge in [-0.25, -0.2) is 5.48 Å². The van der Waals surface area contributed by atoms with Crippen molar-refractivity contribution in [3.05, 3.63) is 34.9 Å². The van der Waals surface area contributed by atoms with Gasteiger partial charge in [-0.2, -0.15) is 11.8 Å². The summed E-state index contributed by atoms with van der Waals surface area (Å²) in [6, 6.07) is 7.74. The minimum Gasteiger partial charge on any atom is -0.274 e. The normalized spacial score (nSPS) is 10.2. The van der Waals surface area contributed by atoms with Crippen LogP contribution in [-0.4, -0.2) is 18.3 Å². The van der Waals surface area contributed by atoms with Crippen molar-refractivity contribution in [2.45, 2.75) is 19.1 Å². The molecule has 1 amide bonds. The first-order valence-corrected chi connectivity index (χ1v) is 6.98. The van der Waals surface area contributed by atoms with Gasteiger partial charge in [-0.3, -0.25) is 9.63 Å². The minimum atomic E-state index is -0.0737. The molecule has 0 atom stereocenters. The predicted octanol–water partition coefficient (Wildman–Crippen LogP) is 3.03. The molecule has 0 saturated heterocycles. The van der Waals surface area contributed by atoms with Crippen molar-refractivity contribution in [2.24, 2.45) is 0 Å². The van der Waals surface area contributed by atoms with Crippen molar-refractivity contribution in [3.63, 3.8) is 0 Å². The Morgan fingerprint density at radius 2 is 2.12 bits per heavy atom. The molecule has 1 rings (SSSR count). The Balaban J connectivity index is 2.11. The molecule has 94 valence electrons. The molecule has 1 aromatic rings. The van der Waals surface area contributed by atoms with Crippen LogP contribution in [-0.2, 0) is 15.4 Å². The van der Waals surface area contributed by atoms with Crippen molar-refractivity contribution in [3.8, 4) is 0 Å². The van der Waals surface area contributed by atoms with Gasteiger partial charge in [0, 0.05) is 22.9 Å². The lowest BCUT2D eigenvalue weighted by Crippen LogP contribution is -2.23. The largest absolute Gasteiger partial charge is 0.274 e. The SMILES string of the molecule is CCONC(=O)CCSCc1ccc(Cl)cc1. The average molecular weight is 274 g/mol. The fraction of sp³-hybridized carbons (Fsp3) is 0.417. The van der Waals surface area contributed by atoms with Gasteiger partial charge in [-0.05, 0) is 24.6 Å². The number of nitrogens with one attached hydrogen (secondary N) is 1. The van der Waals surface area contributed by atoms with Gasteiger partial charge in [0.25, 0.3) is 0 Å². The van der Waals surface area contributed by atoms with E-state index >= 15 is 0 Å². The zero-order valence-corrected chi connectivity index (χ0v) is 11.3. The van der Waals surface area contributed by atoms with Gasteiger partial charge in [0.15, 0.2) is 0 Å². The summed E-state index contributed by atoms with van der Waals surface area (Å²) in [5, 5.41) is 0.745. The third-order valence-corrected chi connectivity index (χ3v) is 3.27. The summed E-state index contributed by atoms with van der Waals surface area (Å²) in [5.74, 6) is 1.59. The van der Waals surface area contributed by atoms with Crippen LogP contribution < -0.4 is 5.48 Å². The molecule has 0 radical (unpaired) electrons. The molecular formula is C12H16ClNO2S. The number of benzene rings is 1. The van der Waals surface area contributed by atoms with Crippen molar-refractivity contribution in [1.82, 2.24) is 5.48 Å². The van der Waals surface area contributed by atoms with E-state index in [0.29, 0.717) is 13.0 Å². The lowest BCUT2D eigenvalue weighted by atomic mass is 10.2. The summed E-state index contributed by atoms with van der Waals surface area (Å²) in [4.78, 5) is 16.0. The number of halogens is 1. The Morgan fingerprint density at radius 1 is 1.41 bits per heavy atom. The fourth-order valence-electron chi connectivity index (χ4n) is 1.14. The molecular weight excluding hydrogens is 258 g/mol.